The third-order valence-corrected chi connectivity index (χ3v) is 6.03. The summed E-state index contributed by atoms with van der Waals surface area (Å²) in [6, 6.07) is 0. The first-order valence-corrected chi connectivity index (χ1v) is 7.85. The molecule has 0 bridgehead atoms. The zero-order valence-corrected chi connectivity index (χ0v) is 11.7. The average Bonchev–Trinajstić information content (AvgIpc) is 2.81. The quantitative estimate of drug-likeness (QED) is 0.632. The molecule has 4 aliphatic carbocycles. The van der Waals surface area contributed by atoms with Crippen molar-refractivity contribution in [2.75, 3.05) is 0 Å². The Labute approximate surface area is 115 Å². The first-order valence-electron chi connectivity index (χ1n) is 7.85. The molecule has 1 nitrogen and oxygen atoms in total. The highest BCUT2D eigenvalue weighted by Gasteiger charge is 2.47. The lowest BCUT2D eigenvalue weighted by molar-refractivity contribution is -0.122. The lowest BCUT2D eigenvalue weighted by Crippen LogP contribution is -2.41. The van der Waals surface area contributed by atoms with E-state index in [0.717, 1.165) is 6.42 Å². The second kappa shape index (κ2) is 3.94. The van der Waals surface area contributed by atoms with E-state index in [4.69, 9.17) is 0 Å². The van der Waals surface area contributed by atoms with Gasteiger partial charge in [-0.05, 0) is 54.7 Å². The van der Waals surface area contributed by atoms with Crippen LogP contribution in [-0.2, 0) is 4.79 Å². The van der Waals surface area contributed by atoms with Crippen molar-refractivity contribution in [3.8, 4) is 0 Å². The van der Waals surface area contributed by atoms with E-state index in [1.54, 1.807) is 0 Å². The molecule has 1 heteroatoms. The minimum Gasteiger partial charge on any atom is -0.295 e. The molecule has 0 saturated heterocycles. The first-order chi connectivity index (χ1) is 9.19. The van der Waals surface area contributed by atoms with E-state index >= 15 is 0 Å². The van der Waals surface area contributed by atoms with Gasteiger partial charge in [-0.1, -0.05) is 38.0 Å². The molecule has 0 amide bonds. The van der Waals surface area contributed by atoms with Crippen LogP contribution in [-0.4, -0.2) is 5.78 Å². The largest absolute Gasteiger partial charge is 0.295 e. The minimum absolute atomic E-state index is 0.212. The van der Waals surface area contributed by atoms with Crippen molar-refractivity contribution in [2.45, 2.75) is 45.4 Å². The summed E-state index contributed by atoms with van der Waals surface area (Å²) < 4.78 is 0. The zero-order valence-electron chi connectivity index (χ0n) is 11.7. The molecule has 2 saturated carbocycles. The van der Waals surface area contributed by atoms with Crippen molar-refractivity contribution in [3.63, 3.8) is 0 Å². The van der Waals surface area contributed by atoms with Crippen LogP contribution in [0.2, 0.25) is 0 Å². The number of hydrogen-bond acceptors (Lipinski definition) is 1. The summed E-state index contributed by atoms with van der Waals surface area (Å²) in [7, 11) is 0. The van der Waals surface area contributed by atoms with Gasteiger partial charge in [-0.3, -0.25) is 4.79 Å². The minimum atomic E-state index is 0.212. The summed E-state index contributed by atoms with van der Waals surface area (Å²) >= 11 is 0. The molecular formula is C18H22O. The summed E-state index contributed by atoms with van der Waals surface area (Å²) in [6.07, 6.45) is 16.3. The molecule has 0 aromatic heterocycles. The number of carbonyl (C=O) groups is 1. The predicted octanol–water partition coefficient (Wildman–Crippen LogP) is 4.21. The lowest BCUT2D eigenvalue weighted by atomic mass is 9.56. The third kappa shape index (κ3) is 1.57. The molecule has 0 aliphatic heterocycles. The van der Waals surface area contributed by atoms with Gasteiger partial charge in [0.25, 0.3) is 0 Å². The number of rotatable bonds is 0. The Hall–Kier alpha value is -1.11. The number of ketones is 1. The fourth-order valence-corrected chi connectivity index (χ4v) is 4.98. The van der Waals surface area contributed by atoms with Gasteiger partial charge in [-0.25, -0.2) is 0 Å². The highest BCUT2D eigenvalue weighted by molar-refractivity contribution is 5.95. The predicted molar refractivity (Wildman–Crippen MR) is 76.6 cm³/mol. The van der Waals surface area contributed by atoms with E-state index in [1.807, 2.05) is 6.08 Å². The van der Waals surface area contributed by atoms with E-state index < -0.39 is 0 Å². The Bertz CT molecular complexity index is 522. The molecule has 2 fully saturated rings. The molecule has 0 N–H and O–H groups in total. The lowest BCUT2D eigenvalue weighted by Gasteiger charge is -2.47. The fraction of sp³-hybridized carbons (Fsp3) is 0.611. The maximum absolute atomic E-state index is 12.5. The number of fused-ring (bicyclic) bond motifs is 5. The summed E-state index contributed by atoms with van der Waals surface area (Å²) in [5.41, 5.74) is 3.05. The van der Waals surface area contributed by atoms with Gasteiger partial charge in [-0.15, -0.1) is 0 Å². The molecule has 100 valence electrons. The van der Waals surface area contributed by atoms with Crippen molar-refractivity contribution < 1.29 is 4.79 Å². The average molecular weight is 254 g/mol. The highest BCUT2D eigenvalue weighted by atomic mass is 16.1. The summed E-state index contributed by atoms with van der Waals surface area (Å²) in [4.78, 5) is 12.5. The van der Waals surface area contributed by atoms with Crippen LogP contribution in [0.3, 0.4) is 0 Å². The number of hydrogen-bond donors (Lipinski definition) is 0. The van der Waals surface area contributed by atoms with Crippen molar-refractivity contribution in [1.82, 2.24) is 0 Å². The van der Waals surface area contributed by atoms with Crippen molar-refractivity contribution in [1.29, 1.82) is 0 Å². The maximum Gasteiger partial charge on any atom is 0.159 e. The van der Waals surface area contributed by atoms with Gasteiger partial charge in [0.05, 0.1) is 0 Å². The second-order valence-electron chi connectivity index (χ2n) is 7.06. The Morgan fingerprint density at radius 1 is 1.16 bits per heavy atom. The standard InChI is InChI=1S/C18H22O/c1-18-9-4-7-16(18)15-11-17(19)14-6-3-2-5-12(14)13(15)8-10-18/h4,7,9,11-14H,2-3,5-6,8,10H2,1H3/t12-,13-,14?,18+/m1/s1. The van der Waals surface area contributed by atoms with Crippen LogP contribution in [0.15, 0.2) is 35.5 Å². The number of carbonyl (C=O) groups excluding carboxylic acids is 1. The summed E-state index contributed by atoms with van der Waals surface area (Å²) in [5, 5.41) is 0. The van der Waals surface area contributed by atoms with E-state index in [2.05, 4.69) is 25.2 Å². The molecule has 1 unspecified atom stereocenters. The Morgan fingerprint density at radius 3 is 2.89 bits per heavy atom. The monoisotopic (exact) mass is 254 g/mol. The number of allylic oxidation sites excluding steroid dienone is 6. The molecular weight excluding hydrogens is 232 g/mol. The van der Waals surface area contributed by atoms with Crippen LogP contribution in [0.25, 0.3) is 0 Å². The van der Waals surface area contributed by atoms with Crippen molar-refractivity contribution in [3.05, 3.63) is 35.5 Å². The highest BCUT2D eigenvalue weighted by Crippen LogP contribution is 2.56. The van der Waals surface area contributed by atoms with Gasteiger partial charge in [0, 0.05) is 11.3 Å². The summed E-state index contributed by atoms with van der Waals surface area (Å²) in [6.45, 7) is 2.33. The molecule has 0 radical (unpaired) electrons. The van der Waals surface area contributed by atoms with Gasteiger partial charge in [0.15, 0.2) is 5.78 Å². The van der Waals surface area contributed by atoms with E-state index in [9.17, 15) is 4.79 Å². The zero-order chi connectivity index (χ0) is 13.0. The Kier molecular flexibility index (Phi) is 2.43. The smallest absolute Gasteiger partial charge is 0.159 e. The molecule has 4 aliphatic rings. The van der Waals surface area contributed by atoms with Crippen LogP contribution in [0, 0.1) is 23.2 Å². The van der Waals surface area contributed by atoms with Crippen LogP contribution in [0.1, 0.15) is 45.4 Å². The van der Waals surface area contributed by atoms with Crippen LogP contribution in [0.4, 0.5) is 0 Å². The van der Waals surface area contributed by atoms with Crippen LogP contribution >= 0.6 is 0 Å². The molecule has 0 spiro atoms. The van der Waals surface area contributed by atoms with Crippen LogP contribution < -0.4 is 0 Å². The fourth-order valence-electron chi connectivity index (χ4n) is 4.98. The molecule has 4 rings (SSSR count). The molecule has 0 aromatic rings. The normalized spacial score (nSPS) is 44.1. The molecule has 19 heavy (non-hydrogen) atoms. The van der Waals surface area contributed by atoms with Crippen molar-refractivity contribution in [2.24, 2.45) is 23.2 Å². The molecule has 0 heterocycles. The maximum atomic E-state index is 12.5. The molecule has 4 atom stereocenters. The summed E-state index contributed by atoms with van der Waals surface area (Å²) in [5.74, 6) is 2.09. The van der Waals surface area contributed by atoms with Gasteiger partial charge in [0.1, 0.15) is 0 Å². The van der Waals surface area contributed by atoms with Gasteiger partial charge >= 0.3 is 0 Å². The van der Waals surface area contributed by atoms with E-state index in [1.165, 1.54) is 43.3 Å². The van der Waals surface area contributed by atoms with Crippen LogP contribution in [0.5, 0.6) is 0 Å². The first kappa shape index (κ1) is 11.7. The Morgan fingerprint density at radius 2 is 2.00 bits per heavy atom. The topological polar surface area (TPSA) is 17.1 Å². The second-order valence-corrected chi connectivity index (χ2v) is 7.06. The Balaban J connectivity index is 1.77. The van der Waals surface area contributed by atoms with Gasteiger partial charge in [0.2, 0.25) is 0 Å². The van der Waals surface area contributed by atoms with E-state index in [0.29, 0.717) is 23.5 Å². The SMILES string of the molecule is C[C@@]12C=CC=C1C1=CC(=O)C3CCCC[C@@H]3[C@H]1CC2. The van der Waals surface area contributed by atoms with E-state index in [-0.39, 0.29) is 5.41 Å². The van der Waals surface area contributed by atoms with Crippen molar-refractivity contribution >= 4 is 5.78 Å². The third-order valence-electron chi connectivity index (χ3n) is 6.03. The molecule has 0 aromatic carbocycles. The van der Waals surface area contributed by atoms with Gasteiger partial charge < -0.3 is 0 Å². The van der Waals surface area contributed by atoms with Gasteiger partial charge in [-0.2, -0.15) is 0 Å².